The highest BCUT2D eigenvalue weighted by molar-refractivity contribution is 7.98. The Balaban J connectivity index is 1.95. The second-order valence-electron chi connectivity index (χ2n) is 5.22. The first-order valence-corrected chi connectivity index (χ1v) is 8.31. The van der Waals surface area contributed by atoms with Crippen LogP contribution >= 0.6 is 11.8 Å². The lowest BCUT2D eigenvalue weighted by molar-refractivity contribution is -0.123. The summed E-state index contributed by atoms with van der Waals surface area (Å²) in [7, 11) is 0. The van der Waals surface area contributed by atoms with Gasteiger partial charge in [0.25, 0.3) is 5.56 Å². The third-order valence-electron chi connectivity index (χ3n) is 3.64. The molecule has 0 unspecified atom stereocenters. The Hall–Kier alpha value is -2.81. The van der Waals surface area contributed by atoms with Crippen molar-refractivity contribution >= 4 is 35.1 Å². The van der Waals surface area contributed by atoms with Gasteiger partial charge in [0.05, 0.1) is 11.5 Å². The van der Waals surface area contributed by atoms with Crippen molar-refractivity contribution in [1.29, 1.82) is 0 Å². The van der Waals surface area contributed by atoms with E-state index >= 15 is 0 Å². The van der Waals surface area contributed by atoms with Gasteiger partial charge in [0.2, 0.25) is 11.8 Å². The predicted molar refractivity (Wildman–Crippen MR) is 90.5 cm³/mol. The molecule has 2 aromatic rings. The Bertz CT molecular complexity index is 934. The number of nitrogens with one attached hydrogen (secondary N) is 4. The second-order valence-corrected chi connectivity index (χ2v) is 6.10. The van der Waals surface area contributed by atoms with Crippen LogP contribution in [0.2, 0.25) is 0 Å². The number of hydrogen-bond donors (Lipinski definition) is 4. The van der Waals surface area contributed by atoms with E-state index in [1.165, 1.54) is 11.8 Å². The van der Waals surface area contributed by atoms with Gasteiger partial charge in [-0.3, -0.25) is 24.4 Å². The number of carbonyl (C=O) groups is 2. The number of aromatic amines is 2. The molecule has 1 aliphatic heterocycles. The van der Waals surface area contributed by atoms with E-state index in [1.54, 1.807) is 18.2 Å². The first kappa shape index (κ1) is 16.1. The fourth-order valence-electron chi connectivity index (χ4n) is 2.56. The molecule has 0 fully saturated rings. The molecule has 2 amide bonds. The lowest BCUT2D eigenvalue weighted by Gasteiger charge is -2.23. The fraction of sp³-hybridized carbons (Fsp3) is 0.200. The number of thioether (sulfide) groups is 1. The third kappa shape index (κ3) is 3.11. The Morgan fingerprint density at radius 2 is 2.04 bits per heavy atom. The summed E-state index contributed by atoms with van der Waals surface area (Å²) in [6.07, 6.45) is 1.74. The highest BCUT2D eigenvalue weighted by Crippen LogP contribution is 2.28. The molecule has 124 valence electrons. The highest BCUT2D eigenvalue weighted by Gasteiger charge is 2.34. The minimum Gasteiger partial charge on any atom is -0.326 e. The van der Waals surface area contributed by atoms with Crippen molar-refractivity contribution in [2.75, 3.05) is 16.9 Å². The number of carbonyl (C=O) groups excluding carboxylic acids is 2. The van der Waals surface area contributed by atoms with Crippen LogP contribution in [0.25, 0.3) is 0 Å². The molecule has 1 aliphatic rings. The van der Waals surface area contributed by atoms with E-state index in [2.05, 4.69) is 20.6 Å². The molecule has 0 aliphatic carbocycles. The molecule has 2 heterocycles. The number of anilines is 2. The first-order chi connectivity index (χ1) is 11.5. The van der Waals surface area contributed by atoms with Crippen LogP contribution in [0, 0.1) is 0 Å². The lowest BCUT2D eigenvalue weighted by atomic mass is 9.92. The number of H-pyrrole nitrogens is 2. The van der Waals surface area contributed by atoms with Gasteiger partial charge < -0.3 is 10.6 Å². The van der Waals surface area contributed by atoms with Crippen molar-refractivity contribution in [1.82, 2.24) is 9.97 Å². The number of benzene rings is 1. The first-order valence-electron chi connectivity index (χ1n) is 7.09. The average molecular weight is 346 g/mol. The van der Waals surface area contributed by atoms with Crippen molar-refractivity contribution in [3.63, 3.8) is 0 Å². The topological polar surface area (TPSA) is 124 Å². The van der Waals surface area contributed by atoms with Crippen molar-refractivity contribution in [3.8, 4) is 0 Å². The predicted octanol–water partition coefficient (Wildman–Crippen LogP) is 0.850. The lowest BCUT2D eigenvalue weighted by Crippen LogP contribution is -2.39. The van der Waals surface area contributed by atoms with E-state index in [0.29, 0.717) is 5.69 Å². The molecule has 1 atom stereocenters. The van der Waals surface area contributed by atoms with Crippen LogP contribution in [0.3, 0.4) is 0 Å². The molecule has 0 radical (unpaired) electrons. The number of rotatable bonds is 3. The summed E-state index contributed by atoms with van der Waals surface area (Å²) in [5.41, 5.74) is -0.812. The van der Waals surface area contributed by atoms with E-state index in [9.17, 15) is 19.2 Å². The van der Waals surface area contributed by atoms with Crippen LogP contribution in [0.1, 0.15) is 17.9 Å². The second kappa shape index (κ2) is 6.36. The average Bonchev–Trinajstić information content (AvgIpc) is 2.53. The van der Waals surface area contributed by atoms with E-state index in [4.69, 9.17) is 0 Å². The zero-order valence-electron chi connectivity index (χ0n) is 12.6. The van der Waals surface area contributed by atoms with Crippen molar-refractivity contribution in [2.24, 2.45) is 0 Å². The van der Waals surface area contributed by atoms with Gasteiger partial charge in [-0.05, 0) is 24.5 Å². The van der Waals surface area contributed by atoms with E-state index in [0.717, 1.165) is 4.90 Å². The molecule has 0 bridgehead atoms. The molecule has 0 spiro atoms. The number of amides is 2. The molecule has 0 saturated heterocycles. The summed E-state index contributed by atoms with van der Waals surface area (Å²) >= 11 is 1.53. The maximum atomic E-state index is 12.6. The molecular formula is C15H14N4O4S. The van der Waals surface area contributed by atoms with Crippen molar-refractivity contribution in [3.05, 3.63) is 50.7 Å². The molecule has 1 aromatic carbocycles. The summed E-state index contributed by atoms with van der Waals surface area (Å²) in [4.78, 5) is 53.1. The maximum Gasteiger partial charge on any atom is 0.327 e. The maximum absolute atomic E-state index is 12.6. The van der Waals surface area contributed by atoms with Crippen LogP contribution in [0.5, 0.6) is 0 Å². The minimum atomic E-state index is -0.979. The summed E-state index contributed by atoms with van der Waals surface area (Å²) in [6.45, 7) is 0. The Labute approximate surface area is 140 Å². The molecule has 4 N–H and O–H groups in total. The van der Waals surface area contributed by atoms with Crippen LogP contribution in [-0.2, 0) is 9.59 Å². The van der Waals surface area contributed by atoms with Gasteiger partial charge in [-0.25, -0.2) is 4.79 Å². The third-order valence-corrected chi connectivity index (χ3v) is 4.36. The minimum absolute atomic E-state index is 0.0296. The van der Waals surface area contributed by atoms with E-state index < -0.39 is 29.0 Å². The zero-order valence-corrected chi connectivity index (χ0v) is 13.5. The largest absolute Gasteiger partial charge is 0.327 e. The monoisotopic (exact) mass is 346 g/mol. The zero-order chi connectivity index (χ0) is 17.3. The Morgan fingerprint density at radius 1 is 1.25 bits per heavy atom. The summed E-state index contributed by atoms with van der Waals surface area (Å²) in [6, 6.07) is 7.22. The molecule has 24 heavy (non-hydrogen) atoms. The highest BCUT2D eigenvalue weighted by atomic mass is 32.2. The van der Waals surface area contributed by atoms with Crippen LogP contribution < -0.4 is 21.9 Å². The van der Waals surface area contributed by atoms with E-state index in [1.807, 2.05) is 12.3 Å². The number of hydrogen-bond acceptors (Lipinski definition) is 5. The van der Waals surface area contributed by atoms with Gasteiger partial charge in [-0.15, -0.1) is 11.8 Å². The normalized spacial score (nSPS) is 16.2. The quantitative estimate of drug-likeness (QED) is 0.613. The fourth-order valence-corrected chi connectivity index (χ4v) is 3.02. The molecule has 9 heteroatoms. The number of fused-ring (bicyclic) bond motifs is 1. The van der Waals surface area contributed by atoms with Gasteiger partial charge in [-0.1, -0.05) is 6.07 Å². The van der Waals surface area contributed by atoms with Crippen LogP contribution in [0.15, 0.2) is 38.8 Å². The van der Waals surface area contributed by atoms with Gasteiger partial charge in [0.15, 0.2) is 0 Å². The van der Waals surface area contributed by atoms with Gasteiger partial charge in [0, 0.05) is 17.0 Å². The smallest absolute Gasteiger partial charge is 0.326 e. The standard InChI is InChI=1S/C15H14N4O4S/c1-24-8-4-2-3-7(5-8)16-13(21)9-6-10(20)17-12-11(9)14(22)19-15(23)18-12/h2-5,9H,6H2,1H3,(H,16,21)(H3,17,18,19,20,22,23)/t9-/m1/s1. The van der Waals surface area contributed by atoms with Crippen LogP contribution in [-0.4, -0.2) is 28.0 Å². The van der Waals surface area contributed by atoms with E-state index in [-0.39, 0.29) is 17.8 Å². The summed E-state index contributed by atoms with van der Waals surface area (Å²) in [5, 5.41) is 5.12. The van der Waals surface area contributed by atoms with Gasteiger partial charge in [0.1, 0.15) is 5.82 Å². The van der Waals surface area contributed by atoms with Gasteiger partial charge >= 0.3 is 5.69 Å². The summed E-state index contributed by atoms with van der Waals surface area (Å²) in [5.74, 6) is -1.94. The van der Waals surface area contributed by atoms with Crippen molar-refractivity contribution in [2.45, 2.75) is 17.2 Å². The SMILES string of the molecule is CSc1cccc(NC(=O)[C@@H]2CC(=O)Nc3[nH]c(=O)[nH]c(=O)c32)c1. The molecule has 0 saturated carbocycles. The molecular weight excluding hydrogens is 332 g/mol. The summed E-state index contributed by atoms with van der Waals surface area (Å²) < 4.78 is 0. The molecule has 3 rings (SSSR count). The van der Waals surface area contributed by atoms with Gasteiger partial charge in [-0.2, -0.15) is 0 Å². The van der Waals surface area contributed by atoms with Crippen LogP contribution in [0.4, 0.5) is 11.5 Å². The van der Waals surface area contributed by atoms with Crippen molar-refractivity contribution < 1.29 is 9.59 Å². The molecule has 8 nitrogen and oxygen atoms in total. The number of aromatic nitrogens is 2. The molecule has 1 aromatic heterocycles. The Morgan fingerprint density at radius 3 is 2.79 bits per heavy atom. The Kier molecular flexibility index (Phi) is 4.26.